The number of ether oxygens (including phenoxy) is 3. The van der Waals surface area contributed by atoms with Crippen LogP contribution >= 0.6 is 0 Å². The lowest BCUT2D eigenvalue weighted by atomic mass is 10.1. The van der Waals surface area contributed by atoms with E-state index in [-0.39, 0.29) is 29.8 Å². The maximum Gasteiger partial charge on any atom is 0.244 e. The molecule has 1 N–H and O–H groups in total. The number of rotatable bonds is 13. The molecule has 0 saturated carbocycles. The molecule has 0 aliphatic carbocycles. The Morgan fingerprint density at radius 1 is 1.03 bits per heavy atom. The van der Waals surface area contributed by atoms with Crippen molar-refractivity contribution in [2.75, 3.05) is 43.5 Å². The third kappa shape index (κ3) is 7.78. The number of nitrogens with one attached hydrogen (secondary N) is 1. The zero-order valence-electron chi connectivity index (χ0n) is 23.3. The Kier molecular flexibility index (Phi) is 10.4. The first kappa shape index (κ1) is 30.1. The van der Waals surface area contributed by atoms with Crippen molar-refractivity contribution in [1.29, 1.82) is 0 Å². The van der Waals surface area contributed by atoms with Crippen LogP contribution in [0.5, 0.6) is 17.2 Å². The lowest BCUT2D eigenvalue weighted by molar-refractivity contribution is -0.140. The van der Waals surface area contributed by atoms with E-state index in [0.29, 0.717) is 43.4 Å². The van der Waals surface area contributed by atoms with Crippen molar-refractivity contribution in [2.45, 2.75) is 46.7 Å². The molecule has 1 atom stereocenters. The summed E-state index contributed by atoms with van der Waals surface area (Å²) in [5, 5.41) is 2.92. The number of benzene rings is 2. The van der Waals surface area contributed by atoms with Crippen LogP contribution in [-0.4, -0.2) is 70.3 Å². The molecule has 0 saturated heterocycles. The van der Waals surface area contributed by atoms with Crippen molar-refractivity contribution in [2.24, 2.45) is 5.92 Å². The van der Waals surface area contributed by atoms with Crippen molar-refractivity contribution in [1.82, 2.24) is 10.2 Å². The molecule has 3 rings (SSSR count). The highest BCUT2D eigenvalue weighted by Crippen LogP contribution is 2.35. The largest absolute Gasteiger partial charge is 0.497 e. The zero-order chi connectivity index (χ0) is 28.6. The van der Waals surface area contributed by atoms with Gasteiger partial charge in [0.05, 0.1) is 18.6 Å². The minimum absolute atomic E-state index is 0.123. The Labute approximate surface area is 231 Å². The Morgan fingerprint density at radius 3 is 2.28 bits per heavy atom. The molecule has 2 amide bonds. The summed E-state index contributed by atoms with van der Waals surface area (Å²) in [4.78, 5) is 28.6. The van der Waals surface area contributed by atoms with Crippen LogP contribution in [0.25, 0.3) is 0 Å². The van der Waals surface area contributed by atoms with Gasteiger partial charge < -0.3 is 24.4 Å². The molecule has 0 radical (unpaired) electrons. The highest BCUT2D eigenvalue weighted by Gasteiger charge is 2.33. The number of hydrogen-bond acceptors (Lipinski definition) is 7. The maximum absolute atomic E-state index is 13.9. The Morgan fingerprint density at radius 2 is 1.69 bits per heavy atom. The second-order valence-corrected chi connectivity index (χ2v) is 11.8. The lowest BCUT2D eigenvalue weighted by Crippen LogP contribution is -2.52. The number of nitrogens with zero attached hydrogens (tertiary/aromatic N) is 2. The van der Waals surface area contributed by atoms with Crippen LogP contribution in [0.15, 0.2) is 42.5 Å². The van der Waals surface area contributed by atoms with Gasteiger partial charge in [0.2, 0.25) is 21.8 Å². The van der Waals surface area contributed by atoms with E-state index in [9.17, 15) is 18.0 Å². The zero-order valence-corrected chi connectivity index (χ0v) is 24.1. The number of carbonyl (C=O) groups excluding carboxylic acids is 2. The second-order valence-electron chi connectivity index (χ2n) is 9.67. The molecule has 1 heterocycles. The van der Waals surface area contributed by atoms with Gasteiger partial charge in [0, 0.05) is 19.2 Å². The third-order valence-corrected chi connectivity index (χ3v) is 8.12. The number of fused-ring (bicyclic) bond motifs is 1. The Bertz CT molecular complexity index is 1230. The molecule has 1 unspecified atom stereocenters. The van der Waals surface area contributed by atoms with Gasteiger partial charge >= 0.3 is 0 Å². The molecular formula is C28H39N3O7S. The van der Waals surface area contributed by atoms with Crippen LogP contribution in [0.2, 0.25) is 0 Å². The summed E-state index contributed by atoms with van der Waals surface area (Å²) < 4.78 is 43.9. The average molecular weight is 562 g/mol. The van der Waals surface area contributed by atoms with Crippen LogP contribution in [0.1, 0.15) is 39.7 Å². The van der Waals surface area contributed by atoms with Crippen molar-refractivity contribution >= 4 is 27.5 Å². The van der Waals surface area contributed by atoms with E-state index in [2.05, 4.69) is 5.32 Å². The summed E-state index contributed by atoms with van der Waals surface area (Å²) in [5.41, 5.74) is 1.07. The molecule has 1 aliphatic rings. The Hall–Kier alpha value is -3.47. The average Bonchev–Trinajstić information content (AvgIpc) is 2.94. The Balaban J connectivity index is 1.96. The first-order valence-electron chi connectivity index (χ1n) is 13.2. The molecule has 2 aromatic rings. The van der Waals surface area contributed by atoms with Crippen LogP contribution < -0.4 is 23.8 Å². The van der Waals surface area contributed by atoms with Crippen molar-refractivity contribution < 1.29 is 32.2 Å². The minimum Gasteiger partial charge on any atom is -0.497 e. The van der Waals surface area contributed by atoms with E-state index in [1.54, 1.807) is 37.4 Å². The minimum atomic E-state index is -3.85. The van der Waals surface area contributed by atoms with Gasteiger partial charge in [0.25, 0.3) is 0 Å². The SMILES string of the molecule is CCC(C(=O)NCC(C)C)N(Cc1ccc(OC)cc1)C(=O)CN(c1ccc2c(c1)OCCO2)S(=O)(=O)CC. The molecular weight excluding hydrogens is 522 g/mol. The van der Waals surface area contributed by atoms with E-state index < -0.39 is 28.5 Å². The predicted octanol–water partition coefficient (Wildman–Crippen LogP) is 3.20. The summed E-state index contributed by atoms with van der Waals surface area (Å²) in [7, 11) is -2.28. The fourth-order valence-electron chi connectivity index (χ4n) is 4.18. The molecule has 10 nitrogen and oxygen atoms in total. The predicted molar refractivity (Wildman–Crippen MR) is 150 cm³/mol. The summed E-state index contributed by atoms with van der Waals surface area (Å²) in [5.74, 6) is 0.840. The normalized spacial score (nSPS) is 13.5. The van der Waals surface area contributed by atoms with Gasteiger partial charge in [-0.25, -0.2) is 8.42 Å². The number of sulfonamides is 1. The van der Waals surface area contributed by atoms with Gasteiger partial charge in [-0.05, 0) is 49.1 Å². The van der Waals surface area contributed by atoms with Crippen molar-refractivity contribution in [3.05, 3.63) is 48.0 Å². The molecule has 0 bridgehead atoms. The summed E-state index contributed by atoms with van der Waals surface area (Å²) in [6.45, 7) is 8.19. The van der Waals surface area contributed by atoms with E-state index >= 15 is 0 Å². The molecule has 0 spiro atoms. The van der Waals surface area contributed by atoms with E-state index in [1.807, 2.05) is 32.9 Å². The summed E-state index contributed by atoms with van der Waals surface area (Å²) in [6, 6.07) is 11.2. The fraction of sp³-hybridized carbons (Fsp3) is 0.500. The third-order valence-electron chi connectivity index (χ3n) is 6.38. The first-order chi connectivity index (χ1) is 18.6. The van der Waals surface area contributed by atoms with E-state index in [1.165, 1.54) is 11.8 Å². The topological polar surface area (TPSA) is 114 Å². The van der Waals surface area contributed by atoms with Crippen LogP contribution in [-0.2, 0) is 26.2 Å². The van der Waals surface area contributed by atoms with Crippen LogP contribution in [0.4, 0.5) is 5.69 Å². The summed E-state index contributed by atoms with van der Waals surface area (Å²) >= 11 is 0. The molecule has 1 aliphatic heterocycles. The van der Waals surface area contributed by atoms with E-state index in [4.69, 9.17) is 14.2 Å². The number of methoxy groups -OCH3 is 1. The van der Waals surface area contributed by atoms with Gasteiger partial charge in [-0.1, -0.05) is 32.9 Å². The highest BCUT2D eigenvalue weighted by atomic mass is 32.2. The van der Waals surface area contributed by atoms with Gasteiger partial charge in [0.1, 0.15) is 31.5 Å². The monoisotopic (exact) mass is 561 g/mol. The van der Waals surface area contributed by atoms with Gasteiger partial charge in [-0.15, -0.1) is 0 Å². The van der Waals surface area contributed by atoms with Gasteiger partial charge in [-0.3, -0.25) is 13.9 Å². The molecule has 0 fully saturated rings. The highest BCUT2D eigenvalue weighted by molar-refractivity contribution is 7.92. The molecule has 11 heteroatoms. The molecule has 0 aromatic heterocycles. The number of anilines is 1. The molecule has 214 valence electrons. The number of amides is 2. The van der Waals surface area contributed by atoms with Gasteiger partial charge in [-0.2, -0.15) is 0 Å². The fourth-order valence-corrected chi connectivity index (χ4v) is 5.23. The number of carbonyl (C=O) groups is 2. The standard InChI is InChI=1S/C28H39N3O7S/c1-6-24(28(33)29-17-20(3)4)30(18-21-8-11-23(36-5)12-9-21)27(32)19-31(39(34,35)7-2)22-10-13-25-26(16-22)38-15-14-37-25/h8-13,16,20,24H,6-7,14-15,17-19H2,1-5H3,(H,29,33). The van der Waals surface area contributed by atoms with E-state index in [0.717, 1.165) is 9.87 Å². The first-order valence-corrected chi connectivity index (χ1v) is 14.8. The van der Waals surface area contributed by atoms with Crippen LogP contribution in [0.3, 0.4) is 0 Å². The van der Waals surface area contributed by atoms with Crippen LogP contribution in [0, 0.1) is 5.92 Å². The smallest absolute Gasteiger partial charge is 0.244 e. The maximum atomic E-state index is 13.9. The molecule has 2 aromatic carbocycles. The number of hydrogen-bond donors (Lipinski definition) is 1. The quantitative estimate of drug-likeness (QED) is 0.399. The van der Waals surface area contributed by atoms with Crippen molar-refractivity contribution in [3.63, 3.8) is 0 Å². The summed E-state index contributed by atoms with van der Waals surface area (Å²) in [6.07, 6.45) is 0.358. The van der Waals surface area contributed by atoms with Gasteiger partial charge in [0.15, 0.2) is 11.5 Å². The van der Waals surface area contributed by atoms with Crippen molar-refractivity contribution in [3.8, 4) is 17.2 Å². The molecule has 39 heavy (non-hydrogen) atoms. The lowest BCUT2D eigenvalue weighted by Gasteiger charge is -2.33. The second kappa shape index (κ2) is 13.5.